The van der Waals surface area contributed by atoms with E-state index in [1.54, 1.807) is 12.1 Å². The van der Waals surface area contributed by atoms with E-state index < -0.39 is 69.1 Å². The molecule has 0 spiro atoms. The molecule has 5 atom stereocenters. The largest absolute Gasteiger partial charge is 0.346 e. The normalized spacial score (nSPS) is 19.7. The number of nitrogens with one attached hydrogen (secondary N) is 4. The highest BCUT2D eigenvalue weighted by Crippen LogP contribution is 2.34. The third-order valence-corrected chi connectivity index (χ3v) is 13.6. The monoisotopic (exact) mass is 831 g/mol. The minimum atomic E-state index is -3.98. The summed E-state index contributed by atoms with van der Waals surface area (Å²) < 4.78 is 28.0. The van der Waals surface area contributed by atoms with Crippen molar-refractivity contribution in [1.82, 2.24) is 35.5 Å². The molecule has 1 aliphatic heterocycles. The number of aromatic nitrogens is 1. The van der Waals surface area contributed by atoms with Crippen LogP contribution in [0.2, 0.25) is 0 Å². The average Bonchev–Trinajstić information content (AvgIpc) is 3.80. The van der Waals surface area contributed by atoms with Crippen molar-refractivity contribution in [3.63, 3.8) is 0 Å². The summed E-state index contributed by atoms with van der Waals surface area (Å²) in [4.78, 5) is 75.5. The molecule has 2 aliphatic carbocycles. The first-order valence-corrected chi connectivity index (χ1v) is 22.0. The van der Waals surface area contributed by atoms with E-state index in [0.29, 0.717) is 25.7 Å². The Labute approximate surface area is 349 Å². The van der Waals surface area contributed by atoms with Crippen molar-refractivity contribution >= 4 is 39.6 Å². The van der Waals surface area contributed by atoms with E-state index in [9.17, 15) is 27.6 Å². The predicted molar refractivity (Wildman–Crippen MR) is 225 cm³/mol. The molecule has 1 unspecified atom stereocenters. The van der Waals surface area contributed by atoms with Gasteiger partial charge in [-0.15, -0.1) is 6.58 Å². The average molecular weight is 832 g/mol. The number of allylic oxidation sites excluding steroid dienone is 1. The number of carbonyl (C=O) groups excluding carboxylic acids is 5. The molecule has 59 heavy (non-hydrogen) atoms. The molecule has 5 amide bonds. The zero-order chi connectivity index (χ0) is 43.1. The first-order chi connectivity index (χ1) is 27.9. The van der Waals surface area contributed by atoms with Gasteiger partial charge in [-0.2, -0.15) is 4.31 Å². The van der Waals surface area contributed by atoms with E-state index in [2.05, 4.69) is 32.8 Å². The number of nitrogens with zero attached hydrogens (tertiary/aromatic N) is 3. The summed E-state index contributed by atoms with van der Waals surface area (Å²) in [6.45, 7) is 13.4. The molecule has 1 saturated heterocycles. The number of hydrogen-bond acceptors (Lipinski definition) is 8. The van der Waals surface area contributed by atoms with Crippen LogP contribution in [-0.2, 0) is 42.0 Å². The lowest BCUT2D eigenvalue weighted by Gasteiger charge is -2.36. The van der Waals surface area contributed by atoms with Crippen molar-refractivity contribution in [2.45, 2.75) is 109 Å². The van der Waals surface area contributed by atoms with Crippen LogP contribution >= 0.6 is 0 Å². The van der Waals surface area contributed by atoms with E-state index in [4.69, 9.17) is 0 Å². The Hall–Kier alpha value is -4.89. The van der Waals surface area contributed by atoms with Gasteiger partial charge in [0.05, 0.1) is 6.04 Å². The van der Waals surface area contributed by atoms with Crippen LogP contribution in [0.25, 0.3) is 0 Å². The molecular formula is C44H61N7O7S. The van der Waals surface area contributed by atoms with Crippen LogP contribution in [0.4, 0.5) is 4.79 Å². The lowest BCUT2D eigenvalue weighted by atomic mass is 9.80. The number of rotatable bonds is 17. The number of fused-ring (bicyclic) bond motifs is 1. The van der Waals surface area contributed by atoms with E-state index >= 15 is 4.79 Å². The standard InChI is InChI=1S/C44H61N7O7S/c1-8-20-46-41(54)39(52)34(24-29-14-13-15-29)47-40(53)38-32(23-28(2)3)19-22-51(38)42(55)37(33-25-30-16-9-10-17-31(30)26-33)49-43(56)48-35(44(4,5)6)27-50(7)59(57,58)36-18-11-12-21-45-36/h8-12,16-18,21,23,29,32-35,37-38H,1,13-15,19-20,22,24-27H2,2-7H3,(H,46,54)(H,47,53)(H2,48,49,56)/t32-,34?,35-,37+,38+/m1/s1. The Bertz CT molecular complexity index is 1980. The molecule has 2 fully saturated rings. The van der Waals surface area contributed by atoms with Crippen LogP contribution in [0.5, 0.6) is 0 Å². The summed E-state index contributed by atoms with van der Waals surface area (Å²) >= 11 is 0. The summed E-state index contributed by atoms with van der Waals surface area (Å²) in [6, 6.07) is 8.04. The van der Waals surface area contributed by atoms with Gasteiger partial charge in [0.2, 0.25) is 17.6 Å². The van der Waals surface area contributed by atoms with Crippen LogP contribution < -0.4 is 21.3 Å². The Balaban J connectivity index is 1.42. The first kappa shape index (κ1) is 45.2. The predicted octanol–water partition coefficient (Wildman–Crippen LogP) is 3.93. The topological polar surface area (TPSA) is 187 Å². The van der Waals surface area contributed by atoms with Crippen molar-refractivity contribution in [1.29, 1.82) is 0 Å². The van der Waals surface area contributed by atoms with Gasteiger partial charge in [-0.1, -0.05) is 88.1 Å². The molecule has 2 heterocycles. The molecular weight excluding hydrogens is 771 g/mol. The molecule has 1 saturated carbocycles. The minimum Gasteiger partial charge on any atom is -0.346 e. The Morgan fingerprint density at radius 1 is 0.966 bits per heavy atom. The molecule has 5 rings (SSSR count). The number of Topliss-reactive ketones (excluding diaryl/α,β-unsaturated/α-hetero) is 1. The molecule has 3 aliphatic rings. The van der Waals surface area contributed by atoms with Crippen molar-refractivity contribution in [2.75, 3.05) is 26.7 Å². The molecule has 1 aromatic heterocycles. The van der Waals surface area contributed by atoms with Gasteiger partial charge in [0.25, 0.3) is 15.9 Å². The zero-order valence-corrected chi connectivity index (χ0v) is 36.0. The third kappa shape index (κ3) is 11.2. The number of hydrogen-bond donors (Lipinski definition) is 4. The second-order valence-corrected chi connectivity index (χ2v) is 19.5. The molecule has 1 aromatic carbocycles. The number of sulfonamides is 1. The second kappa shape index (κ2) is 19.4. The highest BCUT2D eigenvalue weighted by molar-refractivity contribution is 7.89. The SMILES string of the molecule is C=CCNC(=O)C(=O)C(CC1CCC1)NC(=O)[C@@H]1[C@@H](C=C(C)C)CCN1C(=O)[C@@H](NC(=O)N[C@H](CN(C)S(=O)(=O)c1ccccn1)C(C)(C)C)C1Cc2ccccc2C1. The van der Waals surface area contributed by atoms with Crippen LogP contribution in [0.3, 0.4) is 0 Å². The lowest BCUT2D eigenvalue weighted by molar-refractivity contribution is -0.144. The van der Waals surface area contributed by atoms with E-state index in [0.717, 1.165) is 40.3 Å². The highest BCUT2D eigenvalue weighted by atomic mass is 32.2. The van der Waals surface area contributed by atoms with Crippen LogP contribution in [0.15, 0.2) is 78.0 Å². The van der Waals surface area contributed by atoms with Gasteiger partial charge < -0.3 is 26.2 Å². The summed E-state index contributed by atoms with van der Waals surface area (Å²) in [6.07, 6.45) is 9.46. The maximum Gasteiger partial charge on any atom is 0.315 e. The molecule has 4 N–H and O–H groups in total. The van der Waals surface area contributed by atoms with Crippen molar-refractivity contribution in [2.24, 2.45) is 23.2 Å². The maximum atomic E-state index is 15.0. The van der Waals surface area contributed by atoms with Crippen LogP contribution in [-0.4, -0.2) is 103 Å². The van der Waals surface area contributed by atoms with Gasteiger partial charge in [-0.3, -0.25) is 19.2 Å². The van der Waals surface area contributed by atoms with Gasteiger partial charge in [-0.25, -0.2) is 18.2 Å². The van der Waals surface area contributed by atoms with Crippen LogP contribution in [0, 0.1) is 23.2 Å². The number of urea groups is 1. The second-order valence-electron chi connectivity index (χ2n) is 17.5. The van der Waals surface area contributed by atoms with Gasteiger partial charge in [-0.05, 0) is 80.0 Å². The molecule has 0 bridgehead atoms. The molecule has 15 heteroatoms. The minimum absolute atomic E-state index is 0.0750. The highest BCUT2D eigenvalue weighted by Gasteiger charge is 2.47. The van der Waals surface area contributed by atoms with Gasteiger partial charge >= 0.3 is 6.03 Å². The number of pyridine rings is 1. The number of amides is 5. The van der Waals surface area contributed by atoms with E-state index in [-0.39, 0.29) is 42.4 Å². The van der Waals surface area contributed by atoms with E-state index in [1.807, 2.05) is 65.0 Å². The summed E-state index contributed by atoms with van der Waals surface area (Å²) in [5, 5.41) is 11.3. The Kier molecular flexibility index (Phi) is 14.9. The number of carbonyl (C=O) groups is 5. The Morgan fingerprint density at radius 3 is 2.19 bits per heavy atom. The summed E-state index contributed by atoms with van der Waals surface area (Å²) in [5.41, 5.74) is 2.48. The fourth-order valence-electron chi connectivity index (χ4n) is 8.24. The summed E-state index contributed by atoms with van der Waals surface area (Å²) in [7, 11) is -2.54. The van der Waals surface area contributed by atoms with E-state index in [1.165, 1.54) is 30.3 Å². The molecule has 0 radical (unpaired) electrons. The first-order valence-electron chi connectivity index (χ1n) is 20.6. The maximum absolute atomic E-state index is 15.0. The van der Waals surface area contributed by atoms with Crippen LogP contribution in [0.1, 0.15) is 77.8 Å². The molecule has 2 aromatic rings. The van der Waals surface area contributed by atoms with Crippen molar-refractivity contribution in [3.05, 3.63) is 84.1 Å². The fourth-order valence-corrected chi connectivity index (χ4v) is 9.35. The molecule has 320 valence electrons. The van der Waals surface area contributed by atoms with Crippen molar-refractivity contribution in [3.8, 4) is 0 Å². The van der Waals surface area contributed by atoms with Gasteiger partial charge in [0.1, 0.15) is 12.1 Å². The van der Waals surface area contributed by atoms with Gasteiger partial charge in [0, 0.05) is 44.8 Å². The quantitative estimate of drug-likeness (QED) is 0.136. The van der Waals surface area contributed by atoms with Crippen molar-refractivity contribution < 1.29 is 32.4 Å². The fraction of sp³-hybridized carbons (Fsp3) is 0.545. The zero-order valence-electron chi connectivity index (χ0n) is 35.2. The van der Waals surface area contributed by atoms with Gasteiger partial charge in [0.15, 0.2) is 5.03 Å². The third-order valence-electron chi connectivity index (χ3n) is 11.8. The molecule has 14 nitrogen and oxygen atoms in total. The smallest absolute Gasteiger partial charge is 0.315 e. The summed E-state index contributed by atoms with van der Waals surface area (Å²) in [5.74, 6) is -3.05. The number of likely N-dealkylation sites (tertiary alicyclic amines) is 1. The lowest BCUT2D eigenvalue weighted by Crippen LogP contribution is -2.61. The Morgan fingerprint density at radius 2 is 1.63 bits per heavy atom. The number of ketones is 1. The number of likely N-dealkylation sites (N-methyl/N-ethyl adjacent to an activating group) is 1. The number of benzene rings is 1.